The quantitative estimate of drug-likeness (QED) is 0.519. The molecule has 0 radical (unpaired) electrons. The van der Waals surface area contributed by atoms with Crippen LogP contribution in [0.5, 0.6) is 11.5 Å². The Balaban J connectivity index is 1.21. The van der Waals surface area contributed by atoms with Crippen LogP contribution in [0.1, 0.15) is 48.3 Å². The smallest absolute Gasteiger partial charge is 0.410 e. The first-order chi connectivity index (χ1) is 17.5. The summed E-state index contributed by atoms with van der Waals surface area (Å²) in [5.41, 5.74) is 4.35. The van der Waals surface area contributed by atoms with Crippen LogP contribution in [0.15, 0.2) is 66.7 Å². The Hall–Kier alpha value is -3.51. The molecule has 6 rings (SSSR count). The Morgan fingerprint density at radius 1 is 0.861 bits per heavy atom. The summed E-state index contributed by atoms with van der Waals surface area (Å²) >= 11 is 0. The maximum atomic E-state index is 13.4. The first kappa shape index (κ1) is 22.9. The zero-order valence-electron chi connectivity index (χ0n) is 20.6. The van der Waals surface area contributed by atoms with Gasteiger partial charge in [0, 0.05) is 30.8 Å². The summed E-state index contributed by atoms with van der Waals surface area (Å²) in [5.74, 6) is 1.23. The summed E-state index contributed by atoms with van der Waals surface area (Å²) in [6.45, 7) is 0.299. The maximum Gasteiger partial charge on any atom is 0.410 e. The normalized spacial score (nSPS) is 24.2. The molecule has 2 saturated heterocycles. The van der Waals surface area contributed by atoms with Gasteiger partial charge in [-0.2, -0.15) is 0 Å². The van der Waals surface area contributed by atoms with Gasteiger partial charge in [-0.1, -0.05) is 54.6 Å². The highest BCUT2D eigenvalue weighted by Gasteiger charge is 2.52. The number of amides is 1. The zero-order chi connectivity index (χ0) is 24.9. The van der Waals surface area contributed by atoms with Crippen molar-refractivity contribution < 1.29 is 24.1 Å². The Bertz CT molecular complexity index is 1220. The van der Waals surface area contributed by atoms with Crippen LogP contribution >= 0.6 is 0 Å². The van der Waals surface area contributed by atoms with Crippen LogP contribution in [0, 0.1) is 0 Å². The van der Waals surface area contributed by atoms with Crippen molar-refractivity contribution in [3.8, 4) is 22.6 Å². The summed E-state index contributed by atoms with van der Waals surface area (Å²) in [4.78, 5) is 15.3. The van der Waals surface area contributed by atoms with Crippen LogP contribution in [0.25, 0.3) is 11.1 Å². The van der Waals surface area contributed by atoms with Crippen molar-refractivity contribution in [2.24, 2.45) is 0 Å². The van der Waals surface area contributed by atoms with Crippen LogP contribution in [-0.2, 0) is 10.3 Å². The number of ether oxygens (including phenoxy) is 3. The predicted octanol–water partition coefficient (Wildman–Crippen LogP) is 5.47. The molecule has 6 heteroatoms. The van der Waals surface area contributed by atoms with Gasteiger partial charge in [0.1, 0.15) is 23.7 Å². The molecule has 3 aromatic rings. The fourth-order valence-corrected chi connectivity index (χ4v) is 6.71. The molecule has 6 nitrogen and oxygen atoms in total. The van der Waals surface area contributed by atoms with Crippen molar-refractivity contribution in [1.82, 2.24) is 4.90 Å². The lowest BCUT2D eigenvalue weighted by Gasteiger charge is -2.44. The van der Waals surface area contributed by atoms with Crippen molar-refractivity contribution in [3.63, 3.8) is 0 Å². The second-order valence-electron chi connectivity index (χ2n) is 10.1. The van der Waals surface area contributed by atoms with E-state index in [2.05, 4.69) is 24.3 Å². The number of methoxy groups -OCH3 is 2. The van der Waals surface area contributed by atoms with Gasteiger partial charge in [0.05, 0.1) is 19.8 Å². The lowest BCUT2D eigenvalue weighted by atomic mass is 9.79. The number of hydrogen-bond donors (Lipinski definition) is 1. The minimum atomic E-state index is -1.14. The molecular weight excluding hydrogens is 454 g/mol. The molecule has 2 atom stereocenters. The summed E-state index contributed by atoms with van der Waals surface area (Å²) < 4.78 is 17.1. The number of carbonyl (C=O) groups is 1. The number of piperidine rings is 1. The molecular formula is C30H31NO5. The molecule has 186 valence electrons. The highest BCUT2D eigenvalue weighted by Crippen LogP contribution is 2.51. The third kappa shape index (κ3) is 3.54. The van der Waals surface area contributed by atoms with Crippen LogP contribution in [0.4, 0.5) is 4.79 Å². The first-order valence-electron chi connectivity index (χ1n) is 12.6. The van der Waals surface area contributed by atoms with Gasteiger partial charge in [0.2, 0.25) is 0 Å². The van der Waals surface area contributed by atoms with Gasteiger partial charge >= 0.3 is 6.09 Å². The number of rotatable bonds is 5. The van der Waals surface area contributed by atoms with E-state index in [1.165, 1.54) is 22.3 Å². The van der Waals surface area contributed by atoms with E-state index in [1.807, 2.05) is 47.4 Å². The molecule has 3 aliphatic rings. The molecule has 0 saturated carbocycles. The Morgan fingerprint density at radius 3 is 1.92 bits per heavy atom. The van der Waals surface area contributed by atoms with Crippen molar-refractivity contribution in [1.29, 1.82) is 0 Å². The molecule has 1 N–H and O–H groups in total. The van der Waals surface area contributed by atoms with E-state index in [-0.39, 0.29) is 24.1 Å². The van der Waals surface area contributed by atoms with E-state index < -0.39 is 5.60 Å². The van der Waals surface area contributed by atoms with E-state index in [4.69, 9.17) is 14.2 Å². The van der Waals surface area contributed by atoms with E-state index in [1.54, 1.807) is 14.2 Å². The highest BCUT2D eigenvalue weighted by molar-refractivity contribution is 5.79. The van der Waals surface area contributed by atoms with Gasteiger partial charge in [-0.15, -0.1) is 0 Å². The number of hydrogen-bond acceptors (Lipinski definition) is 5. The monoisotopic (exact) mass is 485 g/mol. The molecule has 2 bridgehead atoms. The number of aliphatic hydroxyl groups is 1. The van der Waals surface area contributed by atoms with Crippen LogP contribution < -0.4 is 9.47 Å². The Morgan fingerprint density at radius 2 is 1.39 bits per heavy atom. The summed E-state index contributed by atoms with van der Waals surface area (Å²) in [6.07, 6.45) is 2.23. The van der Waals surface area contributed by atoms with Crippen LogP contribution in [-0.4, -0.2) is 49.0 Å². The minimum absolute atomic E-state index is 0.0265. The molecule has 2 heterocycles. The molecule has 0 aromatic heterocycles. The van der Waals surface area contributed by atoms with Crippen molar-refractivity contribution >= 4 is 6.09 Å². The summed E-state index contributed by atoms with van der Waals surface area (Å²) in [5, 5.41) is 11.8. The minimum Gasteiger partial charge on any atom is -0.496 e. The molecule has 1 amide bonds. The van der Waals surface area contributed by atoms with Gasteiger partial charge in [0.15, 0.2) is 0 Å². The topological polar surface area (TPSA) is 68.2 Å². The molecule has 0 spiro atoms. The SMILES string of the molecule is COc1cccc(OC)c1C1(O)CC2CCC(C1)N2C(=O)OCC1c2ccccc2-c2ccccc21. The maximum absolute atomic E-state index is 13.4. The van der Waals surface area contributed by atoms with Crippen molar-refractivity contribution in [2.45, 2.75) is 49.3 Å². The fraction of sp³-hybridized carbons (Fsp3) is 0.367. The molecule has 2 fully saturated rings. The standard InChI is InChI=1S/C30H31NO5/c1-34-26-12-7-13-27(35-2)28(26)30(33)16-19-14-15-20(17-30)31(19)29(32)36-18-25-23-10-5-3-8-21(23)22-9-4-6-11-24(22)25/h3-13,19-20,25,33H,14-18H2,1-2H3. The summed E-state index contributed by atoms with van der Waals surface area (Å²) in [7, 11) is 3.20. The van der Waals surface area contributed by atoms with Crippen LogP contribution in [0.3, 0.4) is 0 Å². The van der Waals surface area contributed by atoms with Gasteiger partial charge in [-0.25, -0.2) is 4.79 Å². The first-order valence-corrected chi connectivity index (χ1v) is 12.6. The van der Waals surface area contributed by atoms with Gasteiger partial charge in [-0.05, 0) is 47.2 Å². The molecule has 3 aromatic carbocycles. The summed E-state index contributed by atoms with van der Waals surface area (Å²) in [6, 6.07) is 22.0. The average molecular weight is 486 g/mol. The fourth-order valence-electron chi connectivity index (χ4n) is 6.71. The van der Waals surface area contributed by atoms with E-state index in [0.717, 1.165) is 12.8 Å². The van der Waals surface area contributed by atoms with Gasteiger partial charge in [0.25, 0.3) is 0 Å². The van der Waals surface area contributed by atoms with E-state index in [0.29, 0.717) is 36.5 Å². The zero-order valence-corrected chi connectivity index (χ0v) is 20.6. The van der Waals surface area contributed by atoms with E-state index >= 15 is 0 Å². The molecule has 1 aliphatic carbocycles. The van der Waals surface area contributed by atoms with Gasteiger partial charge in [-0.3, -0.25) is 0 Å². The second-order valence-corrected chi connectivity index (χ2v) is 10.1. The van der Waals surface area contributed by atoms with Crippen molar-refractivity contribution in [2.75, 3.05) is 20.8 Å². The number of carbonyl (C=O) groups excluding carboxylic acids is 1. The molecule has 2 unspecified atom stereocenters. The number of fused-ring (bicyclic) bond motifs is 5. The largest absolute Gasteiger partial charge is 0.496 e. The Labute approximate surface area is 211 Å². The van der Waals surface area contributed by atoms with Crippen LogP contribution in [0.2, 0.25) is 0 Å². The van der Waals surface area contributed by atoms with Gasteiger partial charge < -0.3 is 24.2 Å². The second kappa shape index (κ2) is 8.86. The predicted molar refractivity (Wildman–Crippen MR) is 136 cm³/mol. The average Bonchev–Trinajstić information content (AvgIpc) is 3.38. The number of nitrogens with zero attached hydrogens (tertiary/aromatic N) is 1. The third-order valence-electron chi connectivity index (χ3n) is 8.21. The lowest BCUT2D eigenvalue weighted by molar-refractivity contribution is -0.0554. The lowest BCUT2D eigenvalue weighted by Crippen LogP contribution is -2.52. The molecule has 2 aliphatic heterocycles. The molecule has 36 heavy (non-hydrogen) atoms. The van der Waals surface area contributed by atoms with Crippen molar-refractivity contribution in [3.05, 3.63) is 83.4 Å². The highest BCUT2D eigenvalue weighted by atomic mass is 16.6. The number of benzene rings is 3. The third-order valence-corrected chi connectivity index (χ3v) is 8.21. The van der Waals surface area contributed by atoms with E-state index in [9.17, 15) is 9.90 Å². The Kier molecular flexibility index (Phi) is 5.64.